The smallest absolute Gasteiger partial charge is 0.337 e. The molecule has 1 fully saturated rings. The molecule has 1 amide bonds. The number of benzene rings is 1. The molecule has 1 aromatic carbocycles. The molecule has 0 spiro atoms. The molecule has 3 heterocycles. The van der Waals surface area contributed by atoms with Crippen molar-refractivity contribution in [1.29, 1.82) is 0 Å². The second-order valence-electron chi connectivity index (χ2n) is 6.95. The van der Waals surface area contributed by atoms with Crippen LogP contribution in [0, 0.1) is 5.92 Å². The summed E-state index contributed by atoms with van der Waals surface area (Å²) < 4.78 is 10.0. The highest BCUT2D eigenvalue weighted by Crippen LogP contribution is 2.20. The van der Waals surface area contributed by atoms with Crippen molar-refractivity contribution in [2.75, 3.05) is 13.2 Å². The third-order valence-electron chi connectivity index (χ3n) is 5.02. The van der Waals surface area contributed by atoms with Gasteiger partial charge in [-0.05, 0) is 30.9 Å². The van der Waals surface area contributed by atoms with E-state index in [1.54, 1.807) is 21.5 Å². The lowest BCUT2D eigenvalue weighted by Crippen LogP contribution is -2.37. The summed E-state index contributed by atoms with van der Waals surface area (Å²) in [5, 5.41) is 6.90. The molecule has 0 bridgehead atoms. The number of nitrogens with zero attached hydrogens (tertiary/aromatic N) is 4. The third-order valence-corrected chi connectivity index (χ3v) is 5.02. The summed E-state index contributed by atoms with van der Waals surface area (Å²) in [7, 11) is 1.82. The predicted molar refractivity (Wildman–Crippen MR) is 101 cm³/mol. The van der Waals surface area contributed by atoms with Crippen LogP contribution in [0.1, 0.15) is 18.4 Å². The van der Waals surface area contributed by atoms with E-state index in [2.05, 4.69) is 10.4 Å². The van der Waals surface area contributed by atoms with E-state index in [4.69, 9.17) is 4.74 Å². The summed E-state index contributed by atoms with van der Waals surface area (Å²) in [5.41, 5.74) is 1.99. The summed E-state index contributed by atoms with van der Waals surface area (Å²) in [5.74, 6) is 0.383. The molecule has 2 aromatic heterocycles. The normalized spacial score (nSPS) is 15.3. The Morgan fingerprint density at radius 1 is 1.26 bits per heavy atom. The SMILES string of the molecule is Cn1cc(CNC(=O)n2c(=O)n(CC3CCOCC3)c3ccccc32)cn1. The van der Waals surface area contributed by atoms with Gasteiger partial charge in [-0.1, -0.05) is 12.1 Å². The van der Waals surface area contributed by atoms with E-state index < -0.39 is 6.03 Å². The molecule has 142 valence electrons. The molecule has 0 unspecified atom stereocenters. The van der Waals surface area contributed by atoms with Crippen LogP contribution >= 0.6 is 0 Å². The lowest BCUT2D eigenvalue weighted by atomic mass is 10.0. The molecule has 8 nitrogen and oxygen atoms in total. The predicted octanol–water partition coefficient (Wildman–Crippen LogP) is 1.72. The highest BCUT2D eigenvalue weighted by Gasteiger charge is 2.21. The van der Waals surface area contributed by atoms with E-state index in [1.807, 2.05) is 31.4 Å². The second kappa shape index (κ2) is 7.40. The Kier molecular flexibility index (Phi) is 4.81. The summed E-state index contributed by atoms with van der Waals surface area (Å²) in [6, 6.07) is 7.00. The first-order valence-corrected chi connectivity index (χ1v) is 9.17. The minimum Gasteiger partial charge on any atom is -0.381 e. The topological polar surface area (TPSA) is 83.1 Å². The summed E-state index contributed by atoms with van der Waals surface area (Å²) in [4.78, 5) is 25.8. The van der Waals surface area contributed by atoms with Crippen molar-refractivity contribution < 1.29 is 9.53 Å². The van der Waals surface area contributed by atoms with Crippen molar-refractivity contribution >= 4 is 17.1 Å². The molecule has 4 rings (SSSR count). The summed E-state index contributed by atoms with van der Waals surface area (Å²) in [6.07, 6.45) is 5.38. The maximum Gasteiger partial charge on any atom is 0.337 e. The number of para-hydroxylation sites is 2. The van der Waals surface area contributed by atoms with Crippen LogP contribution in [-0.4, -0.2) is 38.2 Å². The molecule has 1 aliphatic heterocycles. The van der Waals surface area contributed by atoms with Gasteiger partial charge in [0.15, 0.2) is 0 Å². The van der Waals surface area contributed by atoms with Crippen molar-refractivity contribution in [2.45, 2.75) is 25.9 Å². The molecular weight excluding hydrogens is 346 g/mol. The number of rotatable bonds is 4. The molecule has 0 saturated carbocycles. The number of fused-ring (bicyclic) bond motifs is 1. The number of nitrogens with one attached hydrogen (secondary N) is 1. The van der Waals surface area contributed by atoms with E-state index in [1.165, 1.54) is 4.57 Å². The van der Waals surface area contributed by atoms with E-state index in [9.17, 15) is 9.59 Å². The first-order chi connectivity index (χ1) is 13.1. The highest BCUT2D eigenvalue weighted by atomic mass is 16.5. The van der Waals surface area contributed by atoms with E-state index in [0.29, 0.717) is 24.5 Å². The third kappa shape index (κ3) is 3.52. The number of imidazole rings is 1. The Hall–Kier alpha value is -2.87. The zero-order chi connectivity index (χ0) is 18.8. The van der Waals surface area contributed by atoms with Crippen LogP contribution in [0.4, 0.5) is 4.79 Å². The van der Waals surface area contributed by atoms with Gasteiger partial charge in [0.2, 0.25) is 0 Å². The molecule has 0 atom stereocenters. The molecule has 8 heteroatoms. The molecule has 27 heavy (non-hydrogen) atoms. The van der Waals surface area contributed by atoms with Crippen LogP contribution in [0.5, 0.6) is 0 Å². The molecule has 3 aromatic rings. The van der Waals surface area contributed by atoms with E-state index in [0.717, 1.165) is 37.1 Å². The van der Waals surface area contributed by atoms with Crippen LogP contribution < -0.4 is 11.0 Å². The standard InChI is InChI=1S/C19H23N5O3/c1-22-12-15(11-21-22)10-20-18(25)24-17-5-3-2-4-16(17)23(19(24)26)13-14-6-8-27-9-7-14/h2-5,11-12,14H,6-10,13H2,1H3,(H,20,25). The lowest BCUT2D eigenvalue weighted by Gasteiger charge is -2.22. The number of carbonyl (C=O) groups excluding carboxylic acids is 1. The zero-order valence-corrected chi connectivity index (χ0v) is 15.3. The van der Waals surface area contributed by atoms with Crippen molar-refractivity contribution in [2.24, 2.45) is 13.0 Å². The van der Waals surface area contributed by atoms with Gasteiger partial charge in [0.05, 0.1) is 17.2 Å². The van der Waals surface area contributed by atoms with Crippen molar-refractivity contribution in [3.63, 3.8) is 0 Å². The van der Waals surface area contributed by atoms with Gasteiger partial charge in [0.1, 0.15) is 0 Å². The fourth-order valence-electron chi connectivity index (χ4n) is 3.59. The number of carbonyl (C=O) groups is 1. The summed E-state index contributed by atoms with van der Waals surface area (Å²) in [6.45, 7) is 2.37. The van der Waals surface area contributed by atoms with Gasteiger partial charge in [-0.25, -0.2) is 14.2 Å². The van der Waals surface area contributed by atoms with Crippen molar-refractivity contribution in [1.82, 2.24) is 24.2 Å². The van der Waals surface area contributed by atoms with Gasteiger partial charge in [-0.15, -0.1) is 0 Å². The largest absolute Gasteiger partial charge is 0.381 e. The maximum atomic E-state index is 13.0. The quantitative estimate of drug-likeness (QED) is 0.759. The van der Waals surface area contributed by atoms with Crippen LogP contribution in [0.25, 0.3) is 11.0 Å². The Morgan fingerprint density at radius 2 is 2.00 bits per heavy atom. The van der Waals surface area contributed by atoms with E-state index in [-0.39, 0.29) is 5.69 Å². The molecule has 0 aliphatic carbocycles. The van der Waals surface area contributed by atoms with Crippen LogP contribution in [0.15, 0.2) is 41.5 Å². The van der Waals surface area contributed by atoms with Gasteiger partial charge in [0, 0.05) is 45.1 Å². The Morgan fingerprint density at radius 3 is 2.70 bits per heavy atom. The maximum absolute atomic E-state index is 13.0. The number of aromatic nitrogens is 4. The number of ether oxygens (including phenoxy) is 1. The number of amides is 1. The molecule has 1 saturated heterocycles. The Balaban J connectivity index is 1.62. The monoisotopic (exact) mass is 369 g/mol. The number of aryl methyl sites for hydroxylation is 1. The van der Waals surface area contributed by atoms with Gasteiger partial charge in [-0.3, -0.25) is 9.25 Å². The van der Waals surface area contributed by atoms with Crippen LogP contribution in [0.2, 0.25) is 0 Å². The van der Waals surface area contributed by atoms with Crippen LogP contribution in [-0.2, 0) is 24.9 Å². The summed E-state index contributed by atoms with van der Waals surface area (Å²) >= 11 is 0. The first-order valence-electron chi connectivity index (χ1n) is 9.17. The average Bonchev–Trinajstić information content (AvgIpc) is 3.22. The van der Waals surface area contributed by atoms with Crippen molar-refractivity contribution in [3.05, 3.63) is 52.7 Å². The minimum absolute atomic E-state index is 0.300. The zero-order valence-electron chi connectivity index (χ0n) is 15.3. The Bertz CT molecular complexity index is 1010. The fourth-order valence-corrected chi connectivity index (χ4v) is 3.59. The van der Waals surface area contributed by atoms with Crippen LogP contribution in [0.3, 0.4) is 0 Å². The fraction of sp³-hybridized carbons (Fsp3) is 0.421. The number of hydrogen-bond donors (Lipinski definition) is 1. The van der Waals surface area contributed by atoms with Gasteiger partial charge < -0.3 is 10.1 Å². The van der Waals surface area contributed by atoms with Crippen molar-refractivity contribution in [3.8, 4) is 0 Å². The van der Waals surface area contributed by atoms with Gasteiger partial charge >= 0.3 is 11.7 Å². The lowest BCUT2D eigenvalue weighted by molar-refractivity contribution is 0.0613. The Labute approximate surface area is 156 Å². The second-order valence-corrected chi connectivity index (χ2v) is 6.95. The molecule has 1 aliphatic rings. The van der Waals surface area contributed by atoms with E-state index >= 15 is 0 Å². The van der Waals surface area contributed by atoms with Gasteiger partial charge in [-0.2, -0.15) is 5.10 Å². The minimum atomic E-state index is -0.425. The average molecular weight is 369 g/mol. The van der Waals surface area contributed by atoms with Gasteiger partial charge in [0.25, 0.3) is 0 Å². The number of hydrogen-bond acceptors (Lipinski definition) is 4. The molecule has 0 radical (unpaired) electrons. The molecule has 1 N–H and O–H groups in total. The first kappa shape index (κ1) is 17.5. The highest BCUT2D eigenvalue weighted by molar-refractivity contribution is 5.89. The molecular formula is C19H23N5O3.